The fourth-order valence-corrected chi connectivity index (χ4v) is 5.23. The van der Waals surface area contributed by atoms with Crippen molar-refractivity contribution in [3.05, 3.63) is 35.9 Å². The van der Waals surface area contributed by atoms with E-state index in [0.717, 1.165) is 22.9 Å². The second-order valence-electron chi connectivity index (χ2n) is 8.30. The topological polar surface area (TPSA) is 59.1 Å². The number of fused-ring (bicyclic) bond motifs is 5. The molecule has 5 heteroatoms. The van der Waals surface area contributed by atoms with Crippen LogP contribution in [0.3, 0.4) is 0 Å². The average Bonchev–Trinajstić information content (AvgIpc) is 3.40. The first-order valence-electron chi connectivity index (χ1n) is 9.95. The molecule has 1 aromatic rings. The zero-order chi connectivity index (χ0) is 18.3. The number of carbonyl (C=O) groups is 1. The lowest BCUT2D eigenvalue weighted by Gasteiger charge is -2.48. The summed E-state index contributed by atoms with van der Waals surface area (Å²) in [5, 5.41) is 9.70. The first-order chi connectivity index (χ1) is 12.6. The van der Waals surface area contributed by atoms with E-state index in [2.05, 4.69) is 14.0 Å². The van der Waals surface area contributed by atoms with Crippen molar-refractivity contribution >= 4 is 5.97 Å². The fourth-order valence-electron chi connectivity index (χ4n) is 5.23. The quantitative estimate of drug-likeness (QED) is 0.460. The van der Waals surface area contributed by atoms with Crippen LogP contribution in [-0.4, -0.2) is 66.2 Å². The number of esters is 1. The van der Waals surface area contributed by atoms with Gasteiger partial charge in [-0.1, -0.05) is 43.7 Å². The number of epoxide rings is 1. The highest BCUT2D eigenvalue weighted by molar-refractivity contribution is 5.78. The van der Waals surface area contributed by atoms with Gasteiger partial charge in [0.1, 0.15) is 36.3 Å². The van der Waals surface area contributed by atoms with E-state index in [-0.39, 0.29) is 18.7 Å². The van der Waals surface area contributed by atoms with Gasteiger partial charge < -0.3 is 19.1 Å². The van der Waals surface area contributed by atoms with Crippen molar-refractivity contribution in [1.82, 2.24) is 0 Å². The summed E-state index contributed by atoms with van der Waals surface area (Å²) in [6.07, 6.45) is 4.83. The molecule has 0 saturated carbocycles. The molecule has 3 aliphatic rings. The summed E-state index contributed by atoms with van der Waals surface area (Å²) in [5.41, 5.74) is 0.813. The third-order valence-corrected chi connectivity index (χ3v) is 6.79. The summed E-state index contributed by atoms with van der Waals surface area (Å²) in [5.74, 6) is -0.898. The van der Waals surface area contributed by atoms with Gasteiger partial charge in [0.25, 0.3) is 0 Å². The predicted molar refractivity (Wildman–Crippen MR) is 97.6 cm³/mol. The van der Waals surface area contributed by atoms with Gasteiger partial charge in [-0.2, -0.15) is 0 Å². The number of piperidine rings is 1. The third-order valence-electron chi connectivity index (χ3n) is 6.79. The minimum Gasteiger partial charge on any atom is -0.461 e. The molecule has 0 aliphatic carbocycles. The van der Waals surface area contributed by atoms with Gasteiger partial charge in [0.2, 0.25) is 0 Å². The molecule has 26 heavy (non-hydrogen) atoms. The van der Waals surface area contributed by atoms with Gasteiger partial charge in [-0.3, -0.25) is 4.79 Å². The van der Waals surface area contributed by atoms with E-state index in [1.54, 1.807) is 0 Å². The third kappa shape index (κ3) is 2.96. The number of carbonyl (C=O) groups excluding carboxylic acids is 1. The summed E-state index contributed by atoms with van der Waals surface area (Å²) < 4.78 is 12.9. The van der Waals surface area contributed by atoms with Crippen molar-refractivity contribution in [3.8, 4) is 0 Å². The molecule has 1 N–H and O–H groups in total. The van der Waals surface area contributed by atoms with Crippen molar-refractivity contribution in [3.63, 3.8) is 0 Å². The number of nitrogens with zero attached hydrogens (tertiary/aromatic N) is 1. The molecule has 2 unspecified atom stereocenters. The Kier molecular flexibility index (Phi) is 4.80. The highest BCUT2D eigenvalue weighted by atomic mass is 16.6. The Hall–Kier alpha value is -1.43. The molecule has 7 atom stereocenters. The molecule has 0 spiro atoms. The van der Waals surface area contributed by atoms with E-state index in [1.165, 1.54) is 19.4 Å². The zero-order valence-corrected chi connectivity index (χ0v) is 15.7. The average molecular weight is 360 g/mol. The van der Waals surface area contributed by atoms with Gasteiger partial charge in [-0.05, 0) is 12.0 Å². The van der Waals surface area contributed by atoms with E-state index in [1.807, 2.05) is 30.3 Å². The van der Waals surface area contributed by atoms with Crippen LogP contribution in [-0.2, 0) is 14.3 Å². The standard InChI is InChI=1S/C21H30NO4/c1-3-4-10-22(2)17-11-15(12-18(22)20-19(17)26-20)25-21(24)16(13-23)14-8-6-5-7-9-14/h5-9,15-20,23H,3-4,10-13H2,1-2H3/q+1/t15?,16-,17-,18+,19-,20-,22?/m0/s1. The van der Waals surface area contributed by atoms with Crippen LogP contribution in [0.4, 0.5) is 0 Å². The second-order valence-corrected chi connectivity index (χ2v) is 8.30. The Labute approximate surface area is 155 Å². The summed E-state index contributed by atoms with van der Waals surface area (Å²) in [6.45, 7) is 3.20. The largest absolute Gasteiger partial charge is 0.461 e. The first kappa shape index (κ1) is 18.0. The minimum atomic E-state index is -0.595. The fraction of sp³-hybridized carbons (Fsp3) is 0.667. The lowest BCUT2D eigenvalue weighted by Crippen LogP contribution is -2.62. The normalized spacial score (nSPS) is 38.5. The number of likely N-dealkylation sites (N-methyl/N-ethyl adjacent to an activating group) is 1. The Balaban J connectivity index is 1.42. The molecule has 1 aromatic carbocycles. The second kappa shape index (κ2) is 6.95. The number of aliphatic hydroxyl groups is 1. The van der Waals surface area contributed by atoms with Gasteiger partial charge in [0.05, 0.1) is 20.2 Å². The van der Waals surface area contributed by atoms with Crippen LogP contribution in [0.1, 0.15) is 44.1 Å². The SMILES string of the molecule is CCCC[N+]1(C)[C@@H]2CC(OC(=O)[C@@H](CO)c3ccccc3)C[C@H]1[C@@H]1O[C@H]12. The molecule has 3 fully saturated rings. The van der Waals surface area contributed by atoms with Crippen LogP contribution in [0.5, 0.6) is 0 Å². The number of hydrogen-bond donors (Lipinski definition) is 1. The number of unbranched alkanes of at least 4 members (excludes halogenated alkanes) is 1. The molecular weight excluding hydrogens is 330 g/mol. The zero-order valence-electron chi connectivity index (χ0n) is 15.7. The maximum atomic E-state index is 12.7. The maximum Gasteiger partial charge on any atom is 0.316 e. The molecule has 4 rings (SSSR count). The Morgan fingerprint density at radius 1 is 1.27 bits per heavy atom. The van der Waals surface area contributed by atoms with Crippen molar-refractivity contribution in [2.75, 3.05) is 20.2 Å². The van der Waals surface area contributed by atoms with Gasteiger partial charge in [-0.25, -0.2) is 0 Å². The highest BCUT2D eigenvalue weighted by Gasteiger charge is 2.71. The van der Waals surface area contributed by atoms with Crippen LogP contribution in [0, 0.1) is 0 Å². The van der Waals surface area contributed by atoms with E-state index in [4.69, 9.17) is 9.47 Å². The maximum absolute atomic E-state index is 12.7. The smallest absolute Gasteiger partial charge is 0.316 e. The lowest BCUT2D eigenvalue weighted by atomic mass is 9.94. The molecule has 3 saturated heterocycles. The number of morpholine rings is 1. The van der Waals surface area contributed by atoms with Gasteiger partial charge in [0, 0.05) is 12.8 Å². The van der Waals surface area contributed by atoms with Crippen LogP contribution in [0.15, 0.2) is 30.3 Å². The Morgan fingerprint density at radius 2 is 1.92 bits per heavy atom. The summed E-state index contributed by atoms with van der Waals surface area (Å²) in [6, 6.07) is 10.3. The van der Waals surface area contributed by atoms with E-state index >= 15 is 0 Å². The predicted octanol–water partition coefficient (Wildman–Crippen LogP) is 2.23. The number of ether oxygens (including phenoxy) is 2. The minimum absolute atomic E-state index is 0.0560. The molecule has 3 aliphatic heterocycles. The van der Waals surface area contributed by atoms with Crippen LogP contribution >= 0.6 is 0 Å². The molecule has 3 heterocycles. The molecular formula is C21H30NO4+. The summed E-state index contributed by atoms with van der Waals surface area (Å²) in [7, 11) is 2.36. The van der Waals surface area contributed by atoms with Crippen molar-refractivity contribution in [2.45, 2.75) is 68.9 Å². The van der Waals surface area contributed by atoms with Crippen LogP contribution in [0.2, 0.25) is 0 Å². The van der Waals surface area contributed by atoms with Gasteiger partial charge >= 0.3 is 5.97 Å². The molecule has 0 amide bonds. The van der Waals surface area contributed by atoms with Gasteiger partial charge in [-0.15, -0.1) is 0 Å². The highest BCUT2D eigenvalue weighted by Crippen LogP contribution is 2.52. The molecule has 0 radical (unpaired) electrons. The van der Waals surface area contributed by atoms with E-state index < -0.39 is 5.92 Å². The lowest BCUT2D eigenvalue weighted by molar-refractivity contribution is -0.956. The molecule has 142 valence electrons. The van der Waals surface area contributed by atoms with E-state index in [0.29, 0.717) is 24.3 Å². The number of rotatable bonds is 7. The molecule has 0 aromatic heterocycles. The monoisotopic (exact) mass is 360 g/mol. The summed E-state index contributed by atoms with van der Waals surface area (Å²) in [4.78, 5) is 12.7. The Bertz CT molecular complexity index is 631. The number of benzene rings is 1. The first-order valence-corrected chi connectivity index (χ1v) is 9.95. The van der Waals surface area contributed by atoms with Crippen molar-refractivity contribution in [2.24, 2.45) is 0 Å². The van der Waals surface area contributed by atoms with E-state index in [9.17, 15) is 9.90 Å². The number of hydrogen-bond acceptors (Lipinski definition) is 4. The molecule has 5 nitrogen and oxygen atoms in total. The number of quaternary nitrogens is 1. The Morgan fingerprint density at radius 3 is 2.50 bits per heavy atom. The van der Waals surface area contributed by atoms with Gasteiger partial charge in [0.15, 0.2) is 0 Å². The van der Waals surface area contributed by atoms with Crippen molar-refractivity contribution < 1.29 is 23.9 Å². The number of aliphatic hydroxyl groups excluding tert-OH is 1. The summed E-state index contributed by atoms with van der Waals surface area (Å²) >= 11 is 0. The molecule has 2 bridgehead atoms. The van der Waals surface area contributed by atoms with Crippen molar-refractivity contribution in [1.29, 1.82) is 0 Å². The van der Waals surface area contributed by atoms with Crippen LogP contribution in [0.25, 0.3) is 0 Å². The van der Waals surface area contributed by atoms with Crippen LogP contribution < -0.4 is 0 Å².